The molecule has 1 aromatic carbocycles. The number of quaternary nitrogens is 1. The van der Waals surface area contributed by atoms with E-state index < -0.39 is 10.0 Å². The smallest absolute Gasteiger partial charge is 0.229 e. The molecule has 0 radical (unpaired) electrons. The van der Waals surface area contributed by atoms with Gasteiger partial charge in [0.25, 0.3) is 0 Å². The van der Waals surface area contributed by atoms with Crippen LogP contribution in [-0.2, 0) is 10.0 Å². The van der Waals surface area contributed by atoms with E-state index in [1.165, 1.54) is 0 Å². The predicted molar refractivity (Wildman–Crippen MR) is 94.9 cm³/mol. The zero-order valence-electron chi connectivity index (χ0n) is 13.2. The van der Waals surface area contributed by atoms with Crippen LogP contribution in [0, 0.1) is 0 Å². The van der Waals surface area contributed by atoms with Gasteiger partial charge in [-0.2, -0.15) is 0 Å². The summed E-state index contributed by atoms with van der Waals surface area (Å²) in [6.07, 6.45) is 1.14. The van der Waals surface area contributed by atoms with Crippen molar-refractivity contribution in [2.75, 3.05) is 49.1 Å². The highest BCUT2D eigenvalue weighted by molar-refractivity contribution is 7.92. The molecule has 3 rings (SSSR count). The molecule has 0 aliphatic carbocycles. The number of nitrogens with one attached hydrogen (secondary N) is 2. The summed E-state index contributed by atoms with van der Waals surface area (Å²) in [7, 11) is -1.02. The van der Waals surface area contributed by atoms with E-state index in [0.717, 1.165) is 48.8 Å². The average molecular weight is 353 g/mol. The minimum absolute atomic E-state index is 0.564. The molecule has 6 nitrogen and oxygen atoms in total. The number of aromatic nitrogens is 1. The van der Waals surface area contributed by atoms with Crippen molar-refractivity contribution in [3.05, 3.63) is 29.6 Å². The Hall–Kier alpha value is -1.64. The van der Waals surface area contributed by atoms with Gasteiger partial charge in [-0.1, -0.05) is 12.1 Å². The zero-order chi connectivity index (χ0) is 16.4. The SMILES string of the molecule is C[NH+]1CCN(c2nc(-c3ccc(NS(C)(=O)=O)cc3)cs2)CC1. The molecule has 2 heterocycles. The van der Waals surface area contributed by atoms with Crippen molar-refractivity contribution >= 4 is 32.2 Å². The number of benzene rings is 1. The molecule has 1 saturated heterocycles. The first-order chi connectivity index (χ1) is 10.9. The van der Waals surface area contributed by atoms with Crippen LogP contribution in [0.15, 0.2) is 29.6 Å². The van der Waals surface area contributed by atoms with Crippen LogP contribution in [0.5, 0.6) is 0 Å². The van der Waals surface area contributed by atoms with Gasteiger partial charge < -0.3 is 9.80 Å². The molecule has 0 amide bonds. The van der Waals surface area contributed by atoms with Crippen molar-refractivity contribution in [1.82, 2.24) is 4.98 Å². The predicted octanol–water partition coefficient (Wildman–Crippen LogP) is 0.516. The molecule has 0 atom stereocenters. The van der Waals surface area contributed by atoms with Gasteiger partial charge in [0.1, 0.15) is 0 Å². The topological polar surface area (TPSA) is 66.7 Å². The number of rotatable bonds is 4. The number of hydrogen-bond donors (Lipinski definition) is 2. The summed E-state index contributed by atoms with van der Waals surface area (Å²) in [5.74, 6) is 0. The molecular formula is C15H21N4O2S2+. The first kappa shape index (κ1) is 16.2. The van der Waals surface area contributed by atoms with E-state index in [-0.39, 0.29) is 0 Å². The number of nitrogens with zero attached hydrogens (tertiary/aromatic N) is 2. The molecule has 8 heteroatoms. The van der Waals surface area contributed by atoms with Gasteiger partial charge in [0.05, 0.1) is 45.2 Å². The van der Waals surface area contributed by atoms with Crippen molar-refractivity contribution < 1.29 is 13.3 Å². The van der Waals surface area contributed by atoms with Crippen molar-refractivity contribution in [3.63, 3.8) is 0 Å². The van der Waals surface area contributed by atoms with Crippen LogP contribution in [0.1, 0.15) is 0 Å². The zero-order valence-corrected chi connectivity index (χ0v) is 14.9. The van der Waals surface area contributed by atoms with Gasteiger partial charge in [-0.25, -0.2) is 13.4 Å². The van der Waals surface area contributed by atoms with Gasteiger partial charge in [0.15, 0.2) is 5.13 Å². The Balaban J connectivity index is 1.73. The molecule has 0 spiro atoms. The first-order valence-electron chi connectivity index (χ1n) is 7.51. The third kappa shape index (κ3) is 4.21. The molecular weight excluding hydrogens is 332 g/mol. The van der Waals surface area contributed by atoms with E-state index >= 15 is 0 Å². The monoisotopic (exact) mass is 353 g/mol. The number of likely N-dealkylation sites (N-methyl/N-ethyl adjacent to an activating group) is 1. The van der Waals surface area contributed by atoms with Crippen LogP contribution in [-0.4, -0.2) is 52.9 Å². The summed E-state index contributed by atoms with van der Waals surface area (Å²) < 4.78 is 24.9. The molecule has 1 aromatic heterocycles. The summed E-state index contributed by atoms with van der Waals surface area (Å²) in [5.41, 5.74) is 2.49. The Bertz CT molecular complexity index is 763. The second kappa shape index (κ2) is 6.46. The standard InChI is InChI=1S/C15H20N4O2S2/c1-18-7-9-19(10-8-18)15-16-14(11-22-15)12-3-5-13(6-4-12)17-23(2,20)21/h3-6,11,17H,7-10H2,1-2H3/p+1. The quantitative estimate of drug-likeness (QED) is 0.841. The Kier molecular flexibility index (Phi) is 4.56. The molecule has 0 saturated carbocycles. The van der Waals surface area contributed by atoms with Crippen LogP contribution in [0.2, 0.25) is 0 Å². The van der Waals surface area contributed by atoms with Crippen LogP contribution in [0.4, 0.5) is 10.8 Å². The van der Waals surface area contributed by atoms with Crippen LogP contribution in [0.3, 0.4) is 0 Å². The maximum absolute atomic E-state index is 11.2. The van der Waals surface area contributed by atoms with Gasteiger partial charge in [-0.05, 0) is 12.1 Å². The van der Waals surface area contributed by atoms with Gasteiger partial charge >= 0.3 is 0 Å². The van der Waals surface area contributed by atoms with E-state index in [1.807, 2.05) is 12.1 Å². The third-order valence-electron chi connectivity index (χ3n) is 3.86. The lowest BCUT2D eigenvalue weighted by molar-refractivity contribution is -0.880. The van der Waals surface area contributed by atoms with Gasteiger partial charge in [0.2, 0.25) is 10.0 Å². The second-order valence-electron chi connectivity index (χ2n) is 5.91. The number of anilines is 2. The fourth-order valence-electron chi connectivity index (χ4n) is 2.54. The van der Waals surface area contributed by atoms with E-state index in [0.29, 0.717) is 5.69 Å². The number of sulfonamides is 1. The Labute approximate surface area is 140 Å². The summed E-state index contributed by atoms with van der Waals surface area (Å²) in [5, 5.41) is 3.12. The average Bonchev–Trinajstić information content (AvgIpc) is 2.97. The summed E-state index contributed by atoms with van der Waals surface area (Å²) in [6.45, 7) is 4.35. The summed E-state index contributed by atoms with van der Waals surface area (Å²) in [6, 6.07) is 7.30. The minimum atomic E-state index is -3.24. The molecule has 124 valence electrons. The van der Waals surface area contributed by atoms with Crippen molar-refractivity contribution in [2.24, 2.45) is 0 Å². The van der Waals surface area contributed by atoms with E-state index in [2.05, 4.69) is 22.0 Å². The van der Waals surface area contributed by atoms with Crippen LogP contribution >= 0.6 is 11.3 Å². The lowest BCUT2D eigenvalue weighted by atomic mass is 10.1. The maximum Gasteiger partial charge on any atom is 0.229 e. The molecule has 1 aliphatic rings. The van der Waals surface area contributed by atoms with E-state index in [1.54, 1.807) is 28.4 Å². The number of thiazole rings is 1. The van der Waals surface area contributed by atoms with Crippen LogP contribution < -0.4 is 14.5 Å². The van der Waals surface area contributed by atoms with Crippen molar-refractivity contribution in [3.8, 4) is 11.3 Å². The molecule has 23 heavy (non-hydrogen) atoms. The molecule has 0 unspecified atom stereocenters. The second-order valence-corrected chi connectivity index (χ2v) is 8.50. The number of piperazine rings is 1. The molecule has 2 N–H and O–H groups in total. The lowest BCUT2D eigenvalue weighted by Crippen LogP contribution is -3.12. The third-order valence-corrected chi connectivity index (χ3v) is 5.37. The largest absolute Gasteiger partial charge is 0.337 e. The molecule has 1 fully saturated rings. The lowest BCUT2D eigenvalue weighted by Gasteiger charge is -2.29. The molecule has 0 bridgehead atoms. The van der Waals surface area contributed by atoms with Gasteiger partial charge in [-0.3, -0.25) is 4.72 Å². The number of hydrogen-bond acceptors (Lipinski definition) is 5. The van der Waals surface area contributed by atoms with Gasteiger partial charge in [0, 0.05) is 16.6 Å². The Morgan fingerprint density at radius 2 is 1.87 bits per heavy atom. The fraction of sp³-hybridized carbons (Fsp3) is 0.400. The van der Waals surface area contributed by atoms with E-state index in [4.69, 9.17) is 4.98 Å². The highest BCUT2D eigenvalue weighted by atomic mass is 32.2. The normalized spacial score (nSPS) is 16.5. The highest BCUT2D eigenvalue weighted by Gasteiger charge is 2.19. The first-order valence-corrected chi connectivity index (χ1v) is 10.3. The Morgan fingerprint density at radius 1 is 1.22 bits per heavy atom. The van der Waals surface area contributed by atoms with Gasteiger partial charge in [-0.15, -0.1) is 11.3 Å². The molecule has 2 aromatic rings. The highest BCUT2D eigenvalue weighted by Crippen LogP contribution is 2.28. The van der Waals surface area contributed by atoms with Crippen molar-refractivity contribution in [1.29, 1.82) is 0 Å². The van der Waals surface area contributed by atoms with Crippen molar-refractivity contribution in [2.45, 2.75) is 0 Å². The van der Waals surface area contributed by atoms with Crippen LogP contribution in [0.25, 0.3) is 11.3 Å². The maximum atomic E-state index is 11.2. The Morgan fingerprint density at radius 3 is 2.48 bits per heavy atom. The minimum Gasteiger partial charge on any atom is -0.337 e. The fourth-order valence-corrected chi connectivity index (χ4v) is 4.00. The van der Waals surface area contributed by atoms with E-state index in [9.17, 15) is 8.42 Å². The summed E-state index contributed by atoms with van der Waals surface area (Å²) >= 11 is 1.66. The summed E-state index contributed by atoms with van der Waals surface area (Å²) in [4.78, 5) is 8.63. The molecule has 1 aliphatic heterocycles.